The second kappa shape index (κ2) is 19.1. The number of ether oxygens (including phenoxy) is 2. The normalized spacial score (nSPS) is 15.0. The van der Waals surface area contributed by atoms with Gasteiger partial charge in [-0.25, -0.2) is 0 Å². The molecule has 0 fully saturated rings. The van der Waals surface area contributed by atoms with Crippen LogP contribution in [0.3, 0.4) is 0 Å². The van der Waals surface area contributed by atoms with Crippen LogP contribution in [0.1, 0.15) is 246 Å². The van der Waals surface area contributed by atoms with Gasteiger partial charge < -0.3 is 9.47 Å². The first-order valence-corrected chi connectivity index (χ1v) is 25.5. The third-order valence-corrected chi connectivity index (χ3v) is 19.6. The molecule has 0 N–H and O–H groups in total. The lowest BCUT2D eigenvalue weighted by molar-refractivity contribution is -0.0751. The van der Waals surface area contributed by atoms with Gasteiger partial charge in [0, 0.05) is 0 Å². The molecule has 0 amide bonds. The standard InChI is InChI=1S/C62H102O2/c1-26-61(24,27-2)63-50-38-34-47(35-39-50)53(8,9)43-56(14,15)55(12,13)42-52(6,7)45(5)46-30-32-49(33-31-46)58(18,19)60(22,23)59(20,21)57(16,17)44-54(10,11)48-36-40-51(41-37-48)64-62(25,28-3)29-4/h30-41,45H,26-29,42-44H2,1-25H3. The van der Waals surface area contributed by atoms with Crippen LogP contribution in [0.25, 0.3) is 0 Å². The van der Waals surface area contributed by atoms with E-state index < -0.39 is 0 Å². The van der Waals surface area contributed by atoms with E-state index in [0.717, 1.165) is 56.4 Å². The predicted octanol–water partition coefficient (Wildman–Crippen LogP) is 19.3. The Balaban J connectivity index is 1.79. The van der Waals surface area contributed by atoms with Crippen molar-refractivity contribution in [2.45, 2.75) is 251 Å². The summed E-state index contributed by atoms with van der Waals surface area (Å²) >= 11 is 0. The van der Waals surface area contributed by atoms with Crippen molar-refractivity contribution in [3.8, 4) is 11.5 Å². The minimum absolute atomic E-state index is 0.00191. The van der Waals surface area contributed by atoms with Gasteiger partial charge in [0.2, 0.25) is 0 Å². The summed E-state index contributed by atoms with van der Waals surface area (Å²) in [6, 6.07) is 27.8. The molecule has 0 aliphatic rings. The highest BCUT2D eigenvalue weighted by molar-refractivity contribution is 5.36. The van der Waals surface area contributed by atoms with Gasteiger partial charge in [-0.2, -0.15) is 0 Å². The molecular weight excluding hydrogens is 777 g/mol. The number of hydrogen-bond acceptors (Lipinski definition) is 2. The van der Waals surface area contributed by atoms with Crippen molar-refractivity contribution in [3.63, 3.8) is 0 Å². The molecule has 3 aromatic carbocycles. The van der Waals surface area contributed by atoms with E-state index in [4.69, 9.17) is 9.47 Å². The predicted molar refractivity (Wildman–Crippen MR) is 283 cm³/mol. The molecule has 0 aliphatic heterocycles. The molecule has 0 heterocycles. The minimum atomic E-state index is -0.125. The van der Waals surface area contributed by atoms with Gasteiger partial charge in [0.25, 0.3) is 0 Å². The minimum Gasteiger partial charge on any atom is -0.488 e. The number of rotatable bonds is 23. The highest BCUT2D eigenvalue weighted by Crippen LogP contribution is 2.62. The maximum Gasteiger partial charge on any atom is 0.120 e. The second-order valence-electron chi connectivity index (χ2n) is 26.7. The summed E-state index contributed by atoms with van der Waals surface area (Å²) in [7, 11) is 0. The van der Waals surface area contributed by atoms with Gasteiger partial charge in [0.1, 0.15) is 22.7 Å². The Morgan fingerprint density at radius 1 is 0.375 bits per heavy atom. The van der Waals surface area contributed by atoms with Gasteiger partial charge in [-0.3, -0.25) is 0 Å². The van der Waals surface area contributed by atoms with Crippen molar-refractivity contribution in [1.29, 1.82) is 0 Å². The van der Waals surface area contributed by atoms with Crippen LogP contribution in [0, 0.1) is 32.5 Å². The fourth-order valence-corrected chi connectivity index (χ4v) is 11.3. The number of benzene rings is 3. The topological polar surface area (TPSA) is 18.5 Å². The molecule has 0 aliphatic carbocycles. The van der Waals surface area contributed by atoms with Crippen molar-refractivity contribution in [1.82, 2.24) is 0 Å². The van der Waals surface area contributed by atoms with Crippen LogP contribution in [0.4, 0.5) is 0 Å². The van der Waals surface area contributed by atoms with Crippen LogP contribution >= 0.6 is 0 Å². The lowest BCUT2D eigenvalue weighted by Crippen LogP contribution is -2.54. The Hall–Kier alpha value is -2.74. The van der Waals surface area contributed by atoms with E-state index in [1.165, 1.54) is 22.3 Å². The van der Waals surface area contributed by atoms with Crippen molar-refractivity contribution < 1.29 is 9.47 Å². The summed E-state index contributed by atoms with van der Waals surface area (Å²) in [4.78, 5) is 0. The Labute approximate surface area is 398 Å². The molecule has 0 bridgehead atoms. The van der Waals surface area contributed by atoms with Crippen LogP contribution in [0.5, 0.6) is 11.5 Å². The van der Waals surface area contributed by atoms with Crippen molar-refractivity contribution >= 4 is 0 Å². The Morgan fingerprint density at radius 3 is 1.03 bits per heavy atom. The van der Waals surface area contributed by atoms with E-state index in [1.807, 2.05) is 0 Å². The highest BCUT2D eigenvalue weighted by atomic mass is 16.5. The average Bonchev–Trinajstić information content (AvgIpc) is 3.19. The molecule has 0 aromatic heterocycles. The largest absolute Gasteiger partial charge is 0.488 e. The third kappa shape index (κ3) is 11.7. The highest BCUT2D eigenvalue weighted by Gasteiger charge is 2.56. The van der Waals surface area contributed by atoms with E-state index in [-0.39, 0.29) is 59.9 Å². The summed E-state index contributed by atoms with van der Waals surface area (Å²) in [5.74, 6) is 2.35. The lowest BCUT2D eigenvalue weighted by atomic mass is 9.44. The van der Waals surface area contributed by atoms with Crippen molar-refractivity contribution in [2.75, 3.05) is 0 Å². The van der Waals surface area contributed by atoms with E-state index in [1.54, 1.807) is 0 Å². The smallest absolute Gasteiger partial charge is 0.120 e. The molecular formula is C62H102O2. The Morgan fingerprint density at radius 2 is 0.688 bits per heavy atom. The van der Waals surface area contributed by atoms with Crippen molar-refractivity contribution in [2.24, 2.45) is 32.5 Å². The molecule has 3 aromatic rings. The molecule has 1 unspecified atom stereocenters. The Bertz CT molecular complexity index is 1920. The summed E-state index contributed by atoms with van der Waals surface area (Å²) in [6.45, 7) is 60.6. The SMILES string of the molecule is CCC(C)(CC)Oc1ccc(C(C)(C)CC(C)(C)C(C)(C)CC(C)(C)C(C)c2ccc(C(C)(C)C(C)(C)C(C)(C)C(C)(C)CC(C)(C)c3ccc(OC(C)(CC)CC)cc3)cc2)cc1. The monoisotopic (exact) mass is 879 g/mol. The van der Waals surface area contributed by atoms with Crippen molar-refractivity contribution in [3.05, 3.63) is 95.1 Å². The van der Waals surface area contributed by atoms with Gasteiger partial charge in [-0.15, -0.1) is 0 Å². The maximum absolute atomic E-state index is 6.46. The van der Waals surface area contributed by atoms with Gasteiger partial charge in [0.15, 0.2) is 0 Å². The van der Waals surface area contributed by atoms with Crippen LogP contribution in [0.15, 0.2) is 72.8 Å². The van der Waals surface area contributed by atoms with E-state index in [0.29, 0.717) is 5.92 Å². The molecule has 0 saturated heterocycles. The summed E-state index contributed by atoms with van der Waals surface area (Å²) in [5, 5.41) is 0. The fourth-order valence-electron chi connectivity index (χ4n) is 11.3. The summed E-state index contributed by atoms with van der Waals surface area (Å²) < 4.78 is 12.9. The van der Waals surface area contributed by atoms with E-state index in [9.17, 15) is 0 Å². The molecule has 0 saturated carbocycles. The second-order valence-corrected chi connectivity index (χ2v) is 26.7. The summed E-state index contributed by atoms with van der Waals surface area (Å²) in [5.41, 5.74) is 5.64. The van der Waals surface area contributed by atoms with E-state index >= 15 is 0 Å². The fraction of sp³-hybridized carbons (Fsp3) is 0.710. The van der Waals surface area contributed by atoms with Gasteiger partial charge in [-0.1, -0.05) is 208 Å². The van der Waals surface area contributed by atoms with Gasteiger partial charge >= 0.3 is 0 Å². The average molecular weight is 879 g/mol. The van der Waals surface area contributed by atoms with E-state index in [2.05, 4.69) is 246 Å². The molecule has 0 radical (unpaired) electrons. The molecule has 64 heavy (non-hydrogen) atoms. The first-order chi connectivity index (χ1) is 28.9. The molecule has 2 nitrogen and oxygen atoms in total. The van der Waals surface area contributed by atoms with Crippen LogP contribution in [-0.4, -0.2) is 11.2 Å². The molecule has 3 rings (SSSR count). The number of hydrogen-bond donors (Lipinski definition) is 0. The van der Waals surface area contributed by atoms with Gasteiger partial charge in [-0.05, 0) is 160 Å². The van der Waals surface area contributed by atoms with Crippen LogP contribution in [0.2, 0.25) is 0 Å². The zero-order chi connectivity index (χ0) is 49.4. The summed E-state index contributed by atoms with van der Waals surface area (Å²) in [6.07, 6.45) is 7.31. The zero-order valence-corrected chi connectivity index (χ0v) is 46.8. The first-order valence-electron chi connectivity index (χ1n) is 25.5. The molecule has 362 valence electrons. The quantitative estimate of drug-likeness (QED) is 0.0945. The third-order valence-electron chi connectivity index (χ3n) is 19.6. The maximum atomic E-state index is 6.46. The Kier molecular flexibility index (Phi) is 16.6. The van der Waals surface area contributed by atoms with Crippen LogP contribution in [-0.2, 0) is 16.2 Å². The molecule has 1 atom stereocenters. The molecule has 0 spiro atoms. The first kappa shape index (κ1) is 55.6. The lowest BCUT2D eigenvalue weighted by Gasteiger charge is -2.60. The van der Waals surface area contributed by atoms with Gasteiger partial charge in [0.05, 0.1) is 0 Å². The van der Waals surface area contributed by atoms with Crippen LogP contribution < -0.4 is 9.47 Å². The molecule has 2 heteroatoms. The zero-order valence-electron chi connectivity index (χ0n) is 46.8.